The van der Waals surface area contributed by atoms with Crippen LogP contribution in [0.4, 0.5) is 0 Å². The van der Waals surface area contributed by atoms with Crippen LogP contribution in [-0.2, 0) is 14.3 Å². The van der Waals surface area contributed by atoms with Crippen LogP contribution in [0, 0.1) is 11.3 Å². The van der Waals surface area contributed by atoms with Crippen LogP contribution in [0.2, 0.25) is 0 Å². The Bertz CT molecular complexity index is 764. The van der Waals surface area contributed by atoms with E-state index in [1.165, 1.54) is 4.90 Å². The van der Waals surface area contributed by atoms with Gasteiger partial charge in [0.25, 0.3) is 5.91 Å². The van der Waals surface area contributed by atoms with Crippen LogP contribution < -0.4 is 4.74 Å². The molecule has 128 valence electrons. The third-order valence-corrected chi connectivity index (χ3v) is 3.36. The number of hydrogen-bond acceptors (Lipinski definition) is 5. The number of likely N-dealkylation sites (N-methyl/N-ethyl adjacent to an activating group) is 1. The lowest BCUT2D eigenvalue weighted by Gasteiger charge is -2.21. The largest absolute Gasteiger partial charge is 0.482 e. The molecule has 0 radical (unpaired) electrons. The fourth-order valence-corrected chi connectivity index (χ4v) is 2.06. The molecule has 0 N–H and O–H groups in total. The van der Waals surface area contributed by atoms with E-state index in [-0.39, 0.29) is 12.5 Å². The molecule has 25 heavy (non-hydrogen) atoms. The molecule has 6 heteroatoms. The molecule has 0 aromatic heterocycles. The number of benzene rings is 2. The molecule has 0 aliphatic carbocycles. The van der Waals surface area contributed by atoms with E-state index in [0.29, 0.717) is 16.9 Å². The highest BCUT2D eigenvalue weighted by molar-refractivity contribution is 5.85. The van der Waals surface area contributed by atoms with Gasteiger partial charge in [-0.2, -0.15) is 5.26 Å². The van der Waals surface area contributed by atoms with Gasteiger partial charge >= 0.3 is 5.97 Å². The van der Waals surface area contributed by atoms with E-state index in [0.717, 1.165) is 0 Å². The first-order chi connectivity index (χ1) is 12.0. The van der Waals surface area contributed by atoms with Crippen LogP contribution in [-0.4, -0.2) is 37.5 Å². The minimum absolute atomic E-state index is 0.335. The van der Waals surface area contributed by atoms with Crippen molar-refractivity contribution in [3.05, 3.63) is 65.7 Å². The second-order valence-corrected chi connectivity index (χ2v) is 5.44. The summed E-state index contributed by atoms with van der Waals surface area (Å²) in [5.74, 6) is -0.558. The lowest BCUT2D eigenvalue weighted by Crippen LogP contribution is -2.32. The average Bonchev–Trinajstić information content (AvgIpc) is 2.65. The van der Waals surface area contributed by atoms with E-state index in [4.69, 9.17) is 14.7 Å². The van der Waals surface area contributed by atoms with Gasteiger partial charge < -0.3 is 14.4 Å². The predicted molar refractivity (Wildman–Crippen MR) is 90.6 cm³/mol. The number of nitrogens with zero attached hydrogens (tertiary/aromatic N) is 2. The summed E-state index contributed by atoms with van der Waals surface area (Å²) < 4.78 is 10.7. The summed E-state index contributed by atoms with van der Waals surface area (Å²) in [5, 5.41) is 8.75. The van der Waals surface area contributed by atoms with Crippen molar-refractivity contribution >= 4 is 11.9 Å². The van der Waals surface area contributed by atoms with Gasteiger partial charge in [-0.15, -0.1) is 0 Å². The minimum atomic E-state index is -1.02. The van der Waals surface area contributed by atoms with Crippen molar-refractivity contribution in [1.82, 2.24) is 4.90 Å². The Kier molecular flexibility index (Phi) is 6.13. The van der Waals surface area contributed by atoms with Crippen molar-refractivity contribution in [2.45, 2.75) is 6.10 Å². The smallest absolute Gasteiger partial charge is 0.345 e. The van der Waals surface area contributed by atoms with Gasteiger partial charge in [0.1, 0.15) is 5.75 Å². The molecule has 1 atom stereocenters. The predicted octanol–water partition coefficient (Wildman–Crippen LogP) is 2.31. The summed E-state index contributed by atoms with van der Waals surface area (Å²) in [6.07, 6.45) is -1.02. The summed E-state index contributed by atoms with van der Waals surface area (Å²) in [5.41, 5.74) is 1.09. The maximum atomic E-state index is 12.3. The summed E-state index contributed by atoms with van der Waals surface area (Å²) in [6, 6.07) is 17.1. The van der Waals surface area contributed by atoms with Gasteiger partial charge in [0.2, 0.25) is 6.10 Å². The Morgan fingerprint density at radius 2 is 1.72 bits per heavy atom. The van der Waals surface area contributed by atoms with Crippen LogP contribution in [0.5, 0.6) is 5.75 Å². The summed E-state index contributed by atoms with van der Waals surface area (Å²) in [6.45, 7) is -0.337. The lowest BCUT2D eigenvalue weighted by molar-refractivity contribution is -0.161. The summed E-state index contributed by atoms with van der Waals surface area (Å²) in [4.78, 5) is 25.7. The van der Waals surface area contributed by atoms with Crippen LogP contribution in [0.3, 0.4) is 0 Å². The number of rotatable bonds is 6. The first-order valence-corrected chi connectivity index (χ1v) is 7.60. The molecular weight excluding hydrogens is 320 g/mol. The van der Waals surface area contributed by atoms with Crippen LogP contribution in [0.25, 0.3) is 0 Å². The van der Waals surface area contributed by atoms with Crippen LogP contribution in [0.1, 0.15) is 17.2 Å². The van der Waals surface area contributed by atoms with Gasteiger partial charge in [-0.05, 0) is 24.3 Å². The lowest BCUT2D eigenvalue weighted by atomic mass is 10.1. The zero-order valence-electron chi connectivity index (χ0n) is 14.0. The van der Waals surface area contributed by atoms with Crippen molar-refractivity contribution in [3.8, 4) is 11.8 Å². The van der Waals surface area contributed by atoms with Crippen molar-refractivity contribution < 1.29 is 19.1 Å². The van der Waals surface area contributed by atoms with E-state index in [9.17, 15) is 9.59 Å². The van der Waals surface area contributed by atoms with Crippen molar-refractivity contribution in [1.29, 1.82) is 5.26 Å². The molecule has 0 spiro atoms. The molecule has 0 saturated heterocycles. The first-order valence-electron chi connectivity index (χ1n) is 7.60. The number of nitriles is 1. The zero-order valence-corrected chi connectivity index (χ0v) is 14.0. The Labute approximate surface area is 146 Å². The quantitative estimate of drug-likeness (QED) is 0.755. The molecule has 1 amide bonds. The van der Waals surface area contributed by atoms with E-state index in [1.54, 1.807) is 62.6 Å². The number of carbonyl (C=O) groups excluding carboxylic acids is 2. The monoisotopic (exact) mass is 338 g/mol. The third-order valence-electron chi connectivity index (χ3n) is 3.36. The van der Waals surface area contributed by atoms with Gasteiger partial charge in [0.15, 0.2) is 6.61 Å². The van der Waals surface area contributed by atoms with E-state index in [2.05, 4.69) is 0 Å². The molecule has 2 rings (SSSR count). The number of esters is 1. The van der Waals surface area contributed by atoms with Crippen LogP contribution >= 0.6 is 0 Å². The highest BCUT2D eigenvalue weighted by Gasteiger charge is 2.26. The highest BCUT2D eigenvalue weighted by atomic mass is 16.6. The molecule has 0 fully saturated rings. The Hall–Kier alpha value is -3.33. The molecule has 0 heterocycles. The molecule has 2 aromatic carbocycles. The Morgan fingerprint density at radius 1 is 1.08 bits per heavy atom. The maximum absolute atomic E-state index is 12.3. The van der Waals surface area contributed by atoms with Gasteiger partial charge in [0.05, 0.1) is 11.6 Å². The molecule has 0 unspecified atom stereocenters. The minimum Gasteiger partial charge on any atom is -0.482 e. The summed E-state index contributed by atoms with van der Waals surface area (Å²) >= 11 is 0. The molecule has 0 aliphatic heterocycles. The molecule has 6 nitrogen and oxygen atoms in total. The van der Waals surface area contributed by atoms with Gasteiger partial charge in [0, 0.05) is 19.7 Å². The second kappa shape index (κ2) is 8.50. The SMILES string of the molecule is CN(C)C(=O)[C@H](OC(=O)COc1ccc(C#N)cc1)c1ccccc1. The van der Waals surface area contributed by atoms with Gasteiger partial charge in [-0.1, -0.05) is 30.3 Å². The average molecular weight is 338 g/mol. The number of ether oxygens (including phenoxy) is 2. The standard InChI is InChI=1S/C19H18N2O4/c1-21(2)19(23)18(15-6-4-3-5-7-15)25-17(22)13-24-16-10-8-14(12-20)9-11-16/h3-11,18H,13H2,1-2H3/t18-/m1/s1. The molecular formula is C19H18N2O4. The van der Waals surface area contributed by atoms with Gasteiger partial charge in [-0.3, -0.25) is 4.79 Å². The summed E-state index contributed by atoms with van der Waals surface area (Å²) in [7, 11) is 3.19. The van der Waals surface area contributed by atoms with Crippen molar-refractivity contribution in [2.24, 2.45) is 0 Å². The van der Waals surface area contributed by atoms with Gasteiger partial charge in [-0.25, -0.2) is 4.79 Å². The van der Waals surface area contributed by atoms with E-state index < -0.39 is 12.1 Å². The maximum Gasteiger partial charge on any atom is 0.345 e. The zero-order chi connectivity index (χ0) is 18.2. The third kappa shape index (κ3) is 5.08. The number of amides is 1. The van der Waals surface area contributed by atoms with Crippen molar-refractivity contribution in [2.75, 3.05) is 20.7 Å². The molecule has 0 bridgehead atoms. The Balaban J connectivity index is 2.01. The molecule has 0 aliphatic rings. The molecule has 2 aromatic rings. The van der Waals surface area contributed by atoms with Crippen LogP contribution in [0.15, 0.2) is 54.6 Å². The highest BCUT2D eigenvalue weighted by Crippen LogP contribution is 2.20. The second-order valence-electron chi connectivity index (χ2n) is 5.44. The first kappa shape index (κ1) is 18.0. The topological polar surface area (TPSA) is 79.6 Å². The number of hydrogen-bond donors (Lipinski definition) is 0. The molecule has 0 saturated carbocycles. The Morgan fingerprint density at radius 3 is 2.28 bits per heavy atom. The fraction of sp³-hybridized carbons (Fsp3) is 0.211. The van der Waals surface area contributed by atoms with E-state index in [1.807, 2.05) is 12.1 Å². The number of carbonyl (C=O) groups is 2. The normalized spacial score (nSPS) is 11.1. The fourth-order valence-electron chi connectivity index (χ4n) is 2.06. The van der Waals surface area contributed by atoms with E-state index >= 15 is 0 Å². The van der Waals surface area contributed by atoms with Crippen molar-refractivity contribution in [3.63, 3.8) is 0 Å².